The van der Waals surface area contributed by atoms with Crippen molar-refractivity contribution in [3.63, 3.8) is 0 Å². The van der Waals surface area contributed by atoms with Crippen LogP contribution < -0.4 is 10.2 Å². The van der Waals surface area contributed by atoms with E-state index in [9.17, 15) is 0 Å². The van der Waals surface area contributed by atoms with Crippen LogP contribution in [0.1, 0.15) is 44.1 Å². The normalized spacial score (nSPS) is 18.3. The number of rotatable bonds is 8. The van der Waals surface area contributed by atoms with E-state index in [1.807, 2.05) is 13.2 Å². The van der Waals surface area contributed by atoms with Gasteiger partial charge < -0.3 is 19.9 Å². The lowest BCUT2D eigenvalue weighted by Gasteiger charge is -2.23. The summed E-state index contributed by atoms with van der Waals surface area (Å²) in [5.74, 6) is 2.81. The molecule has 0 unspecified atom stereocenters. The van der Waals surface area contributed by atoms with E-state index < -0.39 is 0 Å². The molecule has 27 heavy (non-hydrogen) atoms. The van der Waals surface area contributed by atoms with E-state index in [-0.39, 0.29) is 0 Å². The Kier molecular flexibility index (Phi) is 7.75. The standard InChI is InChI=1S/C21H35N5O/c1-22-21(25(2)13-14-27-17-18-7-8-18)24-16-19-9-10-20(23-15-19)26-11-5-3-4-6-12-26/h9-10,15,18H,3-8,11-14,16-17H2,1-2H3,(H,22,24). The van der Waals surface area contributed by atoms with Gasteiger partial charge in [0.15, 0.2) is 5.96 Å². The second-order valence-electron chi connectivity index (χ2n) is 7.77. The third-order valence-electron chi connectivity index (χ3n) is 5.38. The Hall–Kier alpha value is -1.82. The molecule has 1 aromatic heterocycles. The average Bonchev–Trinajstić information content (AvgIpc) is 3.53. The maximum atomic E-state index is 5.73. The minimum absolute atomic E-state index is 0.729. The van der Waals surface area contributed by atoms with Crippen molar-refractivity contribution in [1.29, 1.82) is 0 Å². The Balaban J connectivity index is 1.41. The van der Waals surface area contributed by atoms with Gasteiger partial charge in [0.25, 0.3) is 0 Å². The molecule has 0 bridgehead atoms. The summed E-state index contributed by atoms with van der Waals surface area (Å²) in [5, 5.41) is 3.42. The van der Waals surface area contributed by atoms with Gasteiger partial charge in [-0.2, -0.15) is 0 Å². The zero-order valence-corrected chi connectivity index (χ0v) is 17.0. The lowest BCUT2D eigenvalue weighted by molar-refractivity contribution is 0.115. The van der Waals surface area contributed by atoms with E-state index in [2.05, 4.69) is 44.3 Å². The fourth-order valence-electron chi connectivity index (χ4n) is 3.42. The van der Waals surface area contributed by atoms with Crippen LogP contribution in [-0.2, 0) is 11.3 Å². The monoisotopic (exact) mass is 373 g/mol. The molecule has 2 fully saturated rings. The lowest BCUT2D eigenvalue weighted by Crippen LogP contribution is -2.40. The summed E-state index contributed by atoms with van der Waals surface area (Å²) in [4.78, 5) is 13.6. The number of nitrogens with one attached hydrogen (secondary N) is 1. The first-order chi connectivity index (χ1) is 13.3. The van der Waals surface area contributed by atoms with Crippen molar-refractivity contribution in [3.05, 3.63) is 23.9 Å². The topological polar surface area (TPSA) is 53.0 Å². The predicted molar refractivity (Wildman–Crippen MR) is 111 cm³/mol. The van der Waals surface area contributed by atoms with Crippen molar-refractivity contribution in [2.75, 3.05) is 51.8 Å². The van der Waals surface area contributed by atoms with Crippen molar-refractivity contribution >= 4 is 11.8 Å². The summed E-state index contributed by atoms with van der Waals surface area (Å²) >= 11 is 0. The molecule has 1 N–H and O–H groups in total. The number of ether oxygens (including phenoxy) is 1. The van der Waals surface area contributed by atoms with Crippen LogP contribution in [0.5, 0.6) is 0 Å². The van der Waals surface area contributed by atoms with Gasteiger partial charge in [0, 0.05) is 53.1 Å². The maximum absolute atomic E-state index is 5.73. The van der Waals surface area contributed by atoms with Gasteiger partial charge in [-0.05, 0) is 43.2 Å². The van der Waals surface area contributed by atoms with Crippen LogP contribution in [0.2, 0.25) is 0 Å². The largest absolute Gasteiger partial charge is 0.379 e. The number of pyridine rings is 1. The minimum Gasteiger partial charge on any atom is -0.379 e. The van der Waals surface area contributed by atoms with Gasteiger partial charge >= 0.3 is 0 Å². The van der Waals surface area contributed by atoms with Crippen LogP contribution in [0, 0.1) is 5.92 Å². The first-order valence-corrected chi connectivity index (χ1v) is 10.5. The van der Waals surface area contributed by atoms with E-state index in [0.29, 0.717) is 0 Å². The summed E-state index contributed by atoms with van der Waals surface area (Å²) < 4.78 is 5.73. The van der Waals surface area contributed by atoms with E-state index in [4.69, 9.17) is 4.74 Å². The number of hydrogen-bond acceptors (Lipinski definition) is 4. The smallest absolute Gasteiger partial charge is 0.193 e. The van der Waals surface area contributed by atoms with E-state index >= 15 is 0 Å². The highest BCUT2D eigenvalue weighted by Gasteiger charge is 2.21. The zero-order valence-electron chi connectivity index (χ0n) is 17.0. The van der Waals surface area contributed by atoms with Crippen molar-refractivity contribution < 1.29 is 4.74 Å². The summed E-state index contributed by atoms with van der Waals surface area (Å²) in [5.41, 5.74) is 1.17. The fourth-order valence-corrected chi connectivity index (χ4v) is 3.42. The van der Waals surface area contributed by atoms with Crippen LogP contribution in [0.3, 0.4) is 0 Å². The van der Waals surface area contributed by atoms with Gasteiger partial charge in [0.1, 0.15) is 5.82 Å². The molecule has 1 saturated carbocycles. The molecule has 0 aromatic carbocycles. The molecule has 6 nitrogen and oxygen atoms in total. The summed E-state index contributed by atoms with van der Waals surface area (Å²) in [6.45, 7) is 5.50. The first-order valence-electron chi connectivity index (χ1n) is 10.5. The fraction of sp³-hybridized carbons (Fsp3) is 0.714. The number of likely N-dealkylation sites (N-methyl/N-ethyl adjacent to an activating group) is 1. The Morgan fingerprint density at radius 2 is 2.04 bits per heavy atom. The van der Waals surface area contributed by atoms with Gasteiger partial charge in [0.2, 0.25) is 0 Å². The quantitative estimate of drug-likeness (QED) is 0.431. The summed E-state index contributed by atoms with van der Waals surface area (Å²) in [7, 11) is 3.88. The molecule has 2 heterocycles. The molecular weight excluding hydrogens is 338 g/mol. The predicted octanol–water partition coefficient (Wildman–Crippen LogP) is 2.90. The first kappa shape index (κ1) is 19.9. The highest BCUT2D eigenvalue weighted by molar-refractivity contribution is 5.79. The molecule has 1 aliphatic carbocycles. The molecule has 0 radical (unpaired) electrons. The van der Waals surface area contributed by atoms with Crippen LogP contribution in [0.25, 0.3) is 0 Å². The molecule has 0 spiro atoms. The molecule has 2 aliphatic rings. The number of nitrogens with zero attached hydrogens (tertiary/aromatic N) is 4. The van der Waals surface area contributed by atoms with E-state index in [1.54, 1.807) is 0 Å². The number of guanidine groups is 1. The van der Waals surface area contributed by atoms with Crippen LogP contribution in [0.4, 0.5) is 5.82 Å². The van der Waals surface area contributed by atoms with Crippen LogP contribution in [-0.4, -0.2) is 62.8 Å². The Morgan fingerprint density at radius 1 is 1.26 bits per heavy atom. The number of hydrogen-bond donors (Lipinski definition) is 1. The van der Waals surface area contributed by atoms with Crippen LogP contribution >= 0.6 is 0 Å². The Morgan fingerprint density at radius 3 is 2.67 bits per heavy atom. The van der Waals surface area contributed by atoms with Crippen molar-refractivity contribution in [1.82, 2.24) is 15.2 Å². The maximum Gasteiger partial charge on any atom is 0.193 e. The van der Waals surface area contributed by atoms with Gasteiger partial charge in [-0.15, -0.1) is 0 Å². The Labute approximate surface area is 164 Å². The van der Waals surface area contributed by atoms with Gasteiger partial charge in [-0.1, -0.05) is 18.9 Å². The third kappa shape index (κ3) is 6.69. The molecule has 6 heteroatoms. The van der Waals surface area contributed by atoms with Crippen molar-refractivity contribution in [2.24, 2.45) is 10.9 Å². The molecule has 3 rings (SSSR count). The van der Waals surface area contributed by atoms with E-state index in [0.717, 1.165) is 57.1 Å². The Bertz CT molecular complexity index is 577. The zero-order chi connectivity index (χ0) is 18.9. The molecule has 0 amide bonds. The SMILES string of the molecule is CN=C(NCc1ccc(N2CCCCCC2)nc1)N(C)CCOCC1CC1. The molecule has 150 valence electrons. The number of aromatic nitrogens is 1. The molecule has 1 aromatic rings. The van der Waals surface area contributed by atoms with Gasteiger partial charge in [-0.25, -0.2) is 4.98 Å². The highest BCUT2D eigenvalue weighted by Crippen LogP contribution is 2.28. The highest BCUT2D eigenvalue weighted by atomic mass is 16.5. The molecule has 1 saturated heterocycles. The number of anilines is 1. The molecule has 1 aliphatic heterocycles. The average molecular weight is 374 g/mol. The molecule has 0 atom stereocenters. The third-order valence-corrected chi connectivity index (χ3v) is 5.38. The van der Waals surface area contributed by atoms with Crippen molar-refractivity contribution in [2.45, 2.75) is 45.1 Å². The second-order valence-corrected chi connectivity index (χ2v) is 7.77. The summed E-state index contributed by atoms with van der Waals surface area (Å²) in [6.07, 6.45) is 9.90. The minimum atomic E-state index is 0.729. The lowest BCUT2D eigenvalue weighted by atomic mass is 10.2. The van der Waals surface area contributed by atoms with E-state index in [1.165, 1.54) is 44.1 Å². The number of aliphatic imine (C=N–C) groups is 1. The second kappa shape index (κ2) is 10.5. The molecular formula is C21H35N5O. The summed E-state index contributed by atoms with van der Waals surface area (Å²) in [6, 6.07) is 4.33. The van der Waals surface area contributed by atoms with Crippen molar-refractivity contribution in [3.8, 4) is 0 Å². The van der Waals surface area contributed by atoms with Crippen LogP contribution in [0.15, 0.2) is 23.3 Å². The van der Waals surface area contributed by atoms with Gasteiger partial charge in [-0.3, -0.25) is 4.99 Å². The van der Waals surface area contributed by atoms with Gasteiger partial charge in [0.05, 0.1) is 6.61 Å².